The van der Waals surface area contributed by atoms with Gasteiger partial charge in [-0.25, -0.2) is 0 Å². The molecule has 3 N–H and O–H groups in total. The fourth-order valence-electron chi connectivity index (χ4n) is 1.17. The van der Waals surface area contributed by atoms with Gasteiger partial charge in [0, 0.05) is 18.2 Å². The maximum atomic E-state index is 10.6. The molecule has 0 saturated heterocycles. The Morgan fingerprint density at radius 2 is 2.25 bits per heavy atom. The lowest BCUT2D eigenvalue weighted by atomic mass is 10.2. The number of rotatable bonds is 5. The number of carboxylic acids is 1. The lowest BCUT2D eigenvalue weighted by molar-refractivity contribution is -0.139. The van der Waals surface area contributed by atoms with Gasteiger partial charge in [-0.05, 0) is 13.0 Å². The summed E-state index contributed by atoms with van der Waals surface area (Å²) in [7, 11) is 1.51. The molecular weight excluding hydrogens is 210 g/mol. The summed E-state index contributed by atoms with van der Waals surface area (Å²) in [4.78, 5) is 10.6. The van der Waals surface area contributed by atoms with Gasteiger partial charge >= 0.3 is 5.97 Å². The monoisotopic (exact) mass is 225 g/mol. The molecule has 0 aromatic heterocycles. The third-order valence-corrected chi connectivity index (χ3v) is 2.26. The first-order valence-corrected chi connectivity index (χ1v) is 4.86. The van der Waals surface area contributed by atoms with Gasteiger partial charge in [0.1, 0.15) is 17.5 Å². The van der Waals surface area contributed by atoms with Crippen LogP contribution in [0.4, 0.5) is 0 Å². The highest BCUT2D eigenvalue weighted by atomic mass is 16.5. The molecule has 0 aliphatic heterocycles. The second-order valence-electron chi connectivity index (χ2n) is 3.44. The molecule has 0 saturated carbocycles. The number of hydrogen-bond donors (Lipinski definition) is 3. The molecule has 1 atom stereocenters. The number of carboxylic acid groups (broad SMARTS) is 1. The van der Waals surface area contributed by atoms with Crippen LogP contribution < -0.4 is 10.1 Å². The largest absolute Gasteiger partial charge is 0.507 e. The third-order valence-electron chi connectivity index (χ3n) is 2.26. The Kier molecular flexibility index (Phi) is 4.13. The normalized spacial score (nSPS) is 12.1. The molecule has 16 heavy (non-hydrogen) atoms. The summed E-state index contributed by atoms with van der Waals surface area (Å²) in [5, 5.41) is 21.0. The summed E-state index contributed by atoms with van der Waals surface area (Å²) in [6.07, 6.45) is 0. The van der Waals surface area contributed by atoms with E-state index in [1.54, 1.807) is 19.1 Å². The number of ether oxygens (including phenoxy) is 1. The summed E-state index contributed by atoms with van der Waals surface area (Å²) in [5.41, 5.74) is 0.633. The van der Waals surface area contributed by atoms with E-state index in [-0.39, 0.29) is 5.75 Å². The van der Waals surface area contributed by atoms with Gasteiger partial charge in [-0.3, -0.25) is 4.79 Å². The number of methoxy groups -OCH3 is 1. The van der Waals surface area contributed by atoms with Crippen LogP contribution in [0.3, 0.4) is 0 Å². The fraction of sp³-hybridized carbons (Fsp3) is 0.364. The summed E-state index contributed by atoms with van der Waals surface area (Å²) >= 11 is 0. The van der Waals surface area contributed by atoms with Crippen LogP contribution in [-0.2, 0) is 11.3 Å². The summed E-state index contributed by atoms with van der Waals surface area (Å²) in [6, 6.07) is 4.24. The van der Waals surface area contributed by atoms with Crippen molar-refractivity contribution >= 4 is 5.97 Å². The van der Waals surface area contributed by atoms with Crippen molar-refractivity contribution in [1.82, 2.24) is 5.32 Å². The lowest BCUT2D eigenvalue weighted by Gasteiger charge is -2.10. The molecule has 0 bridgehead atoms. The predicted octanol–water partition coefficient (Wildman–Crippen LogP) is 0.963. The predicted molar refractivity (Wildman–Crippen MR) is 58.6 cm³/mol. The molecule has 5 nitrogen and oxygen atoms in total. The Morgan fingerprint density at radius 3 is 2.75 bits per heavy atom. The third kappa shape index (κ3) is 3.13. The van der Waals surface area contributed by atoms with Crippen molar-refractivity contribution in [3.05, 3.63) is 23.8 Å². The zero-order valence-corrected chi connectivity index (χ0v) is 9.23. The average Bonchev–Trinajstić information content (AvgIpc) is 2.26. The van der Waals surface area contributed by atoms with Crippen molar-refractivity contribution in [3.63, 3.8) is 0 Å². The van der Waals surface area contributed by atoms with Crippen LogP contribution in [0.2, 0.25) is 0 Å². The van der Waals surface area contributed by atoms with E-state index in [1.165, 1.54) is 13.2 Å². The van der Waals surface area contributed by atoms with Crippen molar-refractivity contribution < 1.29 is 19.7 Å². The highest BCUT2D eigenvalue weighted by Crippen LogP contribution is 2.23. The molecule has 1 unspecified atom stereocenters. The molecular formula is C11H15NO4. The van der Waals surface area contributed by atoms with E-state index in [2.05, 4.69) is 5.32 Å². The average molecular weight is 225 g/mol. The molecule has 0 heterocycles. The SMILES string of the molecule is COc1ccc(CNC(C)C(=O)O)c(O)c1. The van der Waals surface area contributed by atoms with Gasteiger partial charge in [-0.15, -0.1) is 0 Å². The van der Waals surface area contributed by atoms with Gasteiger partial charge in [-0.2, -0.15) is 0 Å². The zero-order chi connectivity index (χ0) is 12.1. The molecule has 5 heteroatoms. The number of aromatic hydroxyl groups is 1. The van der Waals surface area contributed by atoms with Gasteiger partial charge in [0.25, 0.3) is 0 Å². The Morgan fingerprint density at radius 1 is 1.56 bits per heavy atom. The van der Waals surface area contributed by atoms with E-state index in [4.69, 9.17) is 9.84 Å². The minimum absolute atomic E-state index is 0.0874. The fourth-order valence-corrected chi connectivity index (χ4v) is 1.17. The minimum atomic E-state index is -0.923. The standard InChI is InChI=1S/C11H15NO4/c1-7(11(14)15)12-6-8-3-4-9(16-2)5-10(8)13/h3-5,7,12-13H,6H2,1-2H3,(H,14,15). The highest BCUT2D eigenvalue weighted by molar-refractivity contribution is 5.72. The minimum Gasteiger partial charge on any atom is -0.507 e. The highest BCUT2D eigenvalue weighted by Gasteiger charge is 2.10. The number of benzene rings is 1. The number of nitrogens with one attached hydrogen (secondary N) is 1. The molecule has 1 rings (SSSR count). The van der Waals surface area contributed by atoms with E-state index in [0.29, 0.717) is 17.9 Å². The Balaban J connectivity index is 2.64. The van der Waals surface area contributed by atoms with E-state index in [9.17, 15) is 9.90 Å². The zero-order valence-electron chi connectivity index (χ0n) is 9.23. The van der Waals surface area contributed by atoms with Crippen LogP contribution in [0.25, 0.3) is 0 Å². The first-order valence-electron chi connectivity index (χ1n) is 4.86. The molecule has 0 spiro atoms. The second-order valence-corrected chi connectivity index (χ2v) is 3.44. The van der Waals surface area contributed by atoms with Gasteiger partial charge in [0.05, 0.1) is 7.11 Å². The van der Waals surface area contributed by atoms with Gasteiger partial charge in [-0.1, -0.05) is 6.07 Å². The van der Waals surface area contributed by atoms with Crippen LogP contribution in [0, 0.1) is 0 Å². The van der Waals surface area contributed by atoms with Crippen molar-refractivity contribution in [1.29, 1.82) is 0 Å². The number of hydrogen-bond acceptors (Lipinski definition) is 4. The second kappa shape index (κ2) is 5.37. The molecule has 1 aromatic carbocycles. The number of aliphatic carboxylic acids is 1. The molecule has 88 valence electrons. The molecule has 0 radical (unpaired) electrons. The maximum absolute atomic E-state index is 10.6. The van der Waals surface area contributed by atoms with Crippen LogP contribution in [0.15, 0.2) is 18.2 Å². The summed E-state index contributed by atoms with van der Waals surface area (Å²) in [6.45, 7) is 1.84. The molecule has 0 fully saturated rings. The van der Waals surface area contributed by atoms with Crippen LogP contribution in [-0.4, -0.2) is 29.3 Å². The molecule has 1 aromatic rings. The quantitative estimate of drug-likeness (QED) is 0.695. The van der Waals surface area contributed by atoms with Gasteiger partial charge in [0.2, 0.25) is 0 Å². The van der Waals surface area contributed by atoms with Crippen molar-refractivity contribution in [2.45, 2.75) is 19.5 Å². The number of carbonyl (C=O) groups is 1. The van der Waals surface area contributed by atoms with Crippen molar-refractivity contribution in [3.8, 4) is 11.5 Å². The topological polar surface area (TPSA) is 78.8 Å². The summed E-state index contributed by atoms with van der Waals surface area (Å²) in [5.74, 6) is -0.273. The Bertz CT molecular complexity index is 378. The van der Waals surface area contributed by atoms with Crippen LogP contribution >= 0.6 is 0 Å². The number of phenols is 1. The van der Waals surface area contributed by atoms with Crippen LogP contribution in [0.1, 0.15) is 12.5 Å². The van der Waals surface area contributed by atoms with E-state index in [1.807, 2.05) is 0 Å². The van der Waals surface area contributed by atoms with E-state index >= 15 is 0 Å². The summed E-state index contributed by atoms with van der Waals surface area (Å²) < 4.78 is 4.94. The Hall–Kier alpha value is -1.75. The maximum Gasteiger partial charge on any atom is 0.320 e. The molecule has 0 aliphatic carbocycles. The first kappa shape index (κ1) is 12.3. The van der Waals surface area contributed by atoms with Crippen molar-refractivity contribution in [2.24, 2.45) is 0 Å². The smallest absolute Gasteiger partial charge is 0.320 e. The van der Waals surface area contributed by atoms with Crippen LogP contribution in [0.5, 0.6) is 11.5 Å². The van der Waals surface area contributed by atoms with E-state index in [0.717, 1.165) is 0 Å². The van der Waals surface area contributed by atoms with Crippen molar-refractivity contribution in [2.75, 3.05) is 7.11 Å². The molecule has 0 amide bonds. The lowest BCUT2D eigenvalue weighted by Crippen LogP contribution is -2.33. The number of phenolic OH excluding ortho intramolecular Hbond substituents is 1. The molecule has 0 aliphatic rings. The Labute approximate surface area is 93.7 Å². The van der Waals surface area contributed by atoms with Gasteiger partial charge in [0.15, 0.2) is 0 Å². The van der Waals surface area contributed by atoms with Gasteiger partial charge < -0.3 is 20.3 Å². The first-order chi connectivity index (χ1) is 7.54. The van der Waals surface area contributed by atoms with E-state index < -0.39 is 12.0 Å².